The van der Waals surface area contributed by atoms with Crippen LogP contribution in [0.4, 0.5) is 5.69 Å². The van der Waals surface area contributed by atoms with Gasteiger partial charge in [-0.3, -0.25) is 14.5 Å². The summed E-state index contributed by atoms with van der Waals surface area (Å²) in [6.45, 7) is -0.239. The number of nitrogens with one attached hydrogen (secondary N) is 1. The fourth-order valence-electron chi connectivity index (χ4n) is 2.66. The van der Waals surface area contributed by atoms with Crippen LogP contribution in [0, 0.1) is 0 Å². The molecule has 0 radical (unpaired) electrons. The van der Waals surface area contributed by atoms with Crippen LogP contribution in [-0.4, -0.2) is 41.8 Å². The maximum Gasteiger partial charge on any atom is 0.266 e. The third kappa shape index (κ3) is 4.89. The van der Waals surface area contributed by atoms with E-state index in [4.69, 9.17) is 44.9 Å². The Morgan fingerprint density at radius 3 is 2.63 bits per heavy atom. The van der Waals surface area contributed by atoms with Gasteiger partial charge in [-0.05, 0) is 35.9 Å². The topological polar surface area (TPSA) is 67.9 Å². The van der Waals surface area contributed by atoms with Crippen molar-refractivity contribution in [3.63, 3.8) is 0 Å². The van der Waals surface area contributed by atoms with Crippen LogP contribution in [-0.2, 0) is 9.59 Å². The van der Waals surface area contributed by atoms with Crippen molar-refractivity contribution in [1.82, 2.24) is 4.90 Å². The summed E-state index contributed by atoms with van der Waals surface area (Å²) in [6.07, 6.45) is 1.69. The molecule has 2 aromatic rings. The highest BCUT2D eigenvalue weighted by Crippen LogP contribution is 2.35. The van der Waals surface area contributed by atoms with E-state index in [2.05, 4.69) is 5.32 Å². The van der Waals surface area contributed by atoms with Gasteiger partial charge in [-0.15, -0.1) is 0 Å². The number of anilines is 1. The summed E-state index contributed by atoms with van der Waals surface area (Å²) < 4.78 is 10.8. The van der Waals surface area contributed by atoms with Crippen LogP contribution in [0.25, 0.3) is 6.08 Å². The van der Waals surface area contributed by atoms with Gasteiger partial charge in [0, 0.05) is 0 Å². The molecule has 1 aliphatic heterocycles. The summed E-state index contributed by atoms with van der Waals surface area (Å²) in [5, 5.41) is 3.19. The molecule has 10 heteroatoms. The number of amides is 2. The van der Waals surface area contributed by atoms with E-state index in [0.717, 1.165) is 17.3 Å². The van der Waals surface area contributed by atoms with Gasteiger partial charge in [0.1, 0.15) is 10.9 Å². The third-order valence-corrected chi connectivity index (χ3v) is 6.30. The van der Waals surface area contributed by atoms with Gasteiger partial charge in [-0.2, -0.15) is 0 Å². The first-order valence-corrected chi connectivity index (χ1v) is 10.5. The number of benzene rings is 2. The molecule has 30 heavy (non-hydrogen) atoms. The number of carbonyl (C=O) groups excluding carboxylic acids is 2. The van der Waals surface area contributed by atoms with Crippen molar-refractivity contribution in [2.45, 2.75) is 0 Å². The number of carbonyl (C=O) groups is 2. The van der Waals surface area contributed by atoms with Crippen LogP contribution < -0.4 is 14.8 Å². The average molecular weight is 483 g/mol. The van der Waals surface area contributed by atoms with Crippen molar-refractivity contribution in [3.05, 3.63) is 56.9 Å². The highest BCUT2D eigenvalue weighted by Gasteiger charge is 2.33. The fraction of sp³-hybridized carbons (Fsp3) is 0.150. The molecule has 0 unspecified atom stereocenters. The molecular formula is C20H16Cl2N2O4S2. The molecule has 0 atom stereocenters. The minimum atomic E-state index is -0.442. The van der Waals surface area contributed by atoms with Gasteiger partial charge in [0.25, 0.3) is 5.91 Å². The molecular weight excluding hydrogens is 467 g/mol. The zero-order valence-corrected chi connectivity index (χ0v) is 19.0. The molecule has 1 aliphatic rings. The summed E-state index contributed by atoms with van der Waals surface area (Å²) in [5.74, 6) is 0.327. The van der Waals surface area contributed by atoms with Gasteiger partial charge < -0.3 is 14.8 Å². The number of thiocarbonyl (C=S) groups is 1. The quantitative estimate of drug-likeness (QED) is 0.468. The molecule has 2 amide bonds. The maximum atomic E-state index is 12.8. The third-order valence-electron chi connectivity index (χ3n) is 4.11. The molecule has 1 heterocycles. The molecule has 156 valence electrons. The van der Waals surface area contributed by atoms with E-state index in [1.54, 1.807) is 49.6 Å². The second-order valence-electron chi connectivity index (χ2n) is 6.03. The molecule has 0 spiro atoms. The van der Waals surface area contributed by atoms with E-state index < -0.39 is 5.91 Å². The highest BCUT2D eigenvalue weighted by atomic mass is 35.5. The minimum Gasteiger partial charge on any atom is -0.493 e. The average Bonchev–Trinajstić information content (AvgIpc) is 2.98. The summed E-state index contributed by atoms with van der Waals surface area (Å²) in [7, 11) is 3.08. The van der Waals surface area contributed by atoms with Gasteiger partial charge in [-0.25, -0.2) is 0 Å². The van der Waals surface area contributed by atoms with Crippen LogP contribution in [0.5, 0.6) is 11.5 Å². The first-order valence-electron chi connectivity index (χ1n) is 8.55. The lowest BCUT2D eigenvalue weighted by Crippen LogP contribution is -2.36. The number of halogens is 2. The predicted molar refractivity (Wildman–Crippen MR) is 125 cm³/mol. The number of ether oxygens (including phenoxy) is 2. The minimum absolute atomic E-state index is 0.228. The second-order valence-corrected chi connectivity index (χ2v) is 8.49. The number of hydrogen-bond donors (Lipinski definition) is 1. The summed E-state index contributed by atoms with van der Waals surface area (Å²) in [4.78, 5) is 26.8. The van der Waals surface area contributed by atoms with Crippen LogP contribution >= 0.6 is 47.2 Å². The Hall–Kier alpha value is -2.26. The van der Waals surface area contributed by atoms with Crippen molar-refractivity contribution >= 4 is 75.1 Å². The lowest BCUT2D eigenvalue weighted by Gasteiger charge is -2.15. The van der Waals surface area contributed by atoms with E-state index in [9.17, 15) is 9.59 Å². The second kappa shape index (κ2) is 9.70. The van der Waals surface area contributed by atoms with E-state index in [1.165, 1.54) is 12.0 Å². The predicted octanol–water partition coefficient (Wildman–Crippen LogP) is 4.85. The number of methoxy groups -OCH3 is 2. The Kier molecular flexibility index (Phi) is 7.25. The number of rotatable bonds is 6. The fourth-order valence-corrected chi connectivity index (χ4v) is 4.27. The van der Waals surface area contributed by atoms with Gasteiger partial charge in [0.05, 0.1) is 34.9 Å². The smallest absolute Gasteiger partial charge is 0.266 e. The van der Waals surface area contributed by atoms with Crippen LogP contribution in [0.15, 0.2) is 41.3 Å². The van der Waals surface area contributed by atoms with Crippen LogP contribution in [0.2, 0.25) is 10.0 Å². The molecule has 3 rings (SSSR count). The monoisotopic (exact) mass is 482 g/mol. The Morgan fingerprint density at radius 1 is 1.20 bits per heavy atom. The highest BCUT2D eigenvalue weighted by molar-refractivity contribution is 8.26. The molecule has 0 aliphatic carbocycles. The number of nitrogens with zero attached hydrogens (tertiary/aromatic N) is 1. The Bertz CT molecular complexity index is 1060. The Labute approximate surface area is 193 Å². The van der Waals surface area contributed by atoms with E-state index in [0.29, 0.717) is 31.4 Å². The van der Waals surface area contributed by atoms with Crippen molar-refractivity contribution in [1.29, 1.82) is 0 Å². The van der Waals surface area contributed by atoms with Crippen molar-refractivity contribution in [3.8, 4) is 11.5 Å². The lowest BCUT2D eigenvalue weighted by atomic mass is 10.2. The largest absolute Gasteiger partial charge is 0.493 e. The van der Waals surface area contributed by atoms with E-state index in [1.807, 2.05) is 0 Å². The van der Waals surface area contributed by atoms with Crippen LogP contribution in [0.1, 0.15) is 5.56 Å². The zero-order chi connectivity index (χ0) is 21.8. The van der Waals surface area contributed by atoms with Crippen molar-refractivity contribution in [2.75, 3.05) is 26.1 Å². The van der Waals surface area contributed by atoms with E-state index >= 15 is 0 Å². The number of hydrogen-bond acceptors (Lipinski definition) is 6. The number of thioether (sulfide) groups is 1. The Balaban J connectivity index is 1.74. The van der Waals surface area contributed by atoms with Gasteiger partial charge in [0.15, 0.2) is 11.5 Å². The summed E-state index contributed by atoms with van der Waals surface area (Å²) in [5.41, 5.74) is 1.10. The Morgan fingerprint density at radius 2 is 1.93 bits per heavy atom. The normalized spacial score (nSPS) is 14.9. The molecule has 2 aromatic carbocycles. The molecule has 0 aromatic heterocycles. The first kappa shape index (κ1) is 22.4. The van der Waals surface area contributed by atoms with Crippen LogP contribution in [0.3, 0.4) is 0 Å². The SMILES string of the molecule is COc1ccc(/C=C2\SC(=S)N(CC(=O)Nc3cccc(Cl)c3Cl)C2=O)cc1OC. The summed E-state index contributed by atoms with van der Waals surface area (Å²) in [6, 6.07) is 10.2. The van der Waals surface area contributed by atoms with Crippen molar-refractivity contribution in [2.24, 2.45) is 0 Å². The summed E-state index contributed by atoms with van der Waals surface area (Å²) >= 11 is 18.4. The molecule has 1 N–H and O–H groups in total. The lowest BCUT2D eigenvalue weighted by molar-refractivity contribution is -0.126. The zero-order valence-electron chi connectivity index (χ0n) is 15.9. The molecule has 6 nitrogen and oxygen atoms in total. The molecule has 1 saturated heterocycles. The maximum absolute atomic E-state index is 12.8. The van der Waals surface area contributed by atoms with Gasteiger partial charge in [-0.1, -0.05) is 59.3 Å². The standard InChI is InChI=1S/C20H16Cl2N2O4S2/c1-27-14-7-6-11(8-15(14)28-2)9-16-19(26)24(20(29)30-16)10-17(25)23-13-5-3-4-12(21)18(13)22/h3-9H,10H2,1-2H3,(H,23,25)/b16-9-. The molecule has 0 saturated carbocycles. The van der Waals surface area contributed by atoms with Gasteiger partial charge >= 0.3 is 0 Å². The van der Waals surface area contributed by atoms with Crippen molar-refractivity contribution < 1.29 is 19.1 Å². The van der Waals surface area contributed by atoms with Gasteiger partial charge in [0.2, 0.25) is 5.91 Å². The molecule has 0 bridgehead atoms. The van der Waals surface area contributed by atoms with E-state index in [-0.39, 0.29) is 17.5 Å². The first-order chi connectivity index (χ1) is 14.3. The molecule has 1 fully saturated rings.